The molecule has 0 heterocycles. The molecule has 0 aliphatic rings. The molecule has 144 valence electrons. The molecule has 0 atom stereocenters. The van der Waals surface area contributed by atoms with E-state index in [-0.39, 0.29) is 0 Å². The van der Waals surface area contributed by atoms with Crippen LogP contribution in [0.25, 0.3) is 0 Å². The average Bonchev–Trinajstić information content (AvgIpc) is 2.70. The lowest BCUT2D eigenvalue weighted by Crippen LogP contribution is -2.03. The molecule has 3 aromatic carbocycles. The zero-order chi connectivity index (χ0) is 19.8. The van der Waals surface area contributed by atoms with Gasteiger partial charge in [-0.1, -0.05) is 48.0 Å². The van der Waals surface area contributed by atoms with Crippen molar-refractivity contribution < 1.29 is 9.47 Å². The van der Waals surface area contributed by atoms with Crippen LogP contribution in [-0.4, -0.2) is 12.8 Å². The minimum absolute atomic E-state index is 0.374. The van der Waals surface area contributed by atoms with Crippen molar-refractivity contribution >= 4 is 46.1 Å². The molecular weight excluding hydrogens is 487 g/mol. The fourth-order valence-corrected chi connectivity index (χ4v) is 3.50. The fraction of sp³-hybridized carbons (Fsp3) is 0.136. The first kappa shape index (κ1) is 20.5. The molecule has 0 aromatic heterocycles. The SMILES string of the molecule is CCOc1cc(/C=N\Nc2ccccc2)cc(I)c1OCc1ccccc1Cl. The van der Waals surface area contributed by atoms with Crippen LogP contribution in [0.4, 0.5) is 5.69 Å². The van der Waals surface area contributed by atoms with E-state index in [9.17, 15) is 0 Å². The Balaban J connectivity index is 1.76. The van der Waals surface area contributed by atoms with Crippen molar-refractivity contribution in [2.45, 2.75) is 13.5 Å². The van der Waals surface area contributed by atoms with Gasteiger partial charge in [-0.15, -0.1) is 0 Å². The van der Waals surface area contributed by atoms with Gasteiger partial charge >= 0.3 is 0 Å². The Morgan fingerprint density at radius 3 is 2.54 bits per heavy atom. The molecule has 3 aromatic rings. The summed E-state index contributed by atoms with van der Waals surface area (Å²) in [5.74, 6) is 1.39. The quantitative estimate of drug-likeness (QED) is 0.219. The van der Waals surface area contributed by atoms with Gasteiger partial charge < -0.3 is 9.47 Å². The van der Waals surface area contributed by atoms with E-state index in [0.29, 0.717) is 29.7 Å². The molecular formula is C22H20ClIN2O2. The maximum atomic E-state index is 6.23. The summed E-state index contributed by atoms with van der Waals surface area (Å²) in [6.07, 6.45) is 1.76. The fourth-order valence-electron chi connectivity index (χ4n) is 2.52. The largest absolute Gasteiger partial charge is 0.490 e. The van der Waals surface area contributed by atoms with Crippen LogP contribution in [0.1, 0.15) is 18.1 Å². The molecule has 0 bridgehead atoms. The zero-order valence-corrected chi connectivity index (χ0v) is 18.3. The van der Waals surface area contributed by atoms with Crippen molar-refractivity contribution in [2.24, 2.45) is 5.10 Å². The number of hydrazone groups is 1. The molecule has 0 radical (unpaired) electrons. The van der Waals surface area contributed by atoms with E-state index in [1.807, 2.05) is 73.7 Å². The van der Waals surface area contributed by atoms with Crippen molar-refractivity contribution in [3.05, 3.63) is 86.4 Å². The third kappa shape index (κ3) is 5.62. The topological polar surface area (TPSA) is 42.8 Å². The number of rotatable bonds is 8. The second kappa shape index (κ2) is 10.3. The maximum absolute atomic E-state index is 6.23. The molecule has 1 N–H and O–H groups in total. The van der Waals surface area contributed by atoms with E-state index in [1.54, 1.807) is 6.21 Å². The van der Waals surface area contributed by atoms with Crippen molar-refractivity contribution in [1.29, 1.82) is 0 Å². The van der Waals surface area contributed by atoms with Crippen molar-refractivity contribution in [3.63, 3.8) is 0 Å². The van der Waals surface area contributed by atoms with Crippen LogP contribution in [0.15, 0.2) is 71.8 Å². The van der Waals surface area contributed by atoms with E-state index in [1.165, 1.54) is 0 Å². The van der Waals surface area contributed by atoms with E-state index >= 15 is 0 Å². The molecule has 0 spiro atoms. The summed E-state index contributed by atoms with van der Waals surface area (Å²) in [6.45, 7) is 2.86. The van der Waals surface area contributed by atoms with Gasteiger partial charge in [0, 0.05) is 10.6 Å². The summed E-state index contributed by atoms with van der Waals surface area (Å²) in [6, 6.07) is 21.4. The van der Waals surface area contributed by atoms with Crippen LogP contribution in [0.3, 0.4) is 0 Å². The lowest BCUT2D eigenvalue weighted by Gasteiger charge is -2.15. The second-order valence-corrected chi connectivity index (χ2v) is 7.45. The minimum atomic E-state index is 0.374. The summed E-state index contributed by atoms with van der Waals surface area (Å²) in [5, 5.41) is 4.98. The van der Waals surface area contributed by atoms with Crippen LogP contribution in [-0.2, 0) is 6.61 Å². The third-order valence-corrected chi connectivity index (χ3v) is 5.01. The predicted molar refractivity (Wildman–Crippen MR) is 124 cm³/mol. The van der Waals surface area contributed by atoms with Gasteiger partial charge in [-0.05, 0) is 65.4 Å². The van der Waals surface area contributed by atoms with Crippen LogP contribution < -0.4 is 14.9 Å². The Morgan fingerprint density at radius 1 is 1.04 bits per heavy atom. The Labute approximate surface area is 183 Å². The number of hydrogen-bond acceptors (Lipinski definition) is 4. The molecule has 0 amide bonds. The average molecular weight is 507 g/mol. The number of hydrogen-bond donors (Lipinski definition) is 1. The number of halogens is 2. The highest BCUT2D eigenvalue weighted by Gasteiger charge is 2.13. The summed E-state index contributed by atoms with van der Waals surface area (Å²) in [4.78, 5) is 0. The summed E-state index contributed by atoms with van der Waals surface area (Å²) in [5.41, 5.74) is 5.79. The van der Waals surface area contributed by atoms with Crippen LogP contribution in [0.5, 0.6) is 11.5 Å². The number of ether oxygens (including phenoxy) is 2. The van der Waals surface area contributed by atoms with Gasteiger partial charge in [-0.25, -0.2) is 0 Å². The molecule has 6 heteroatoms. The Kier molecular flexibility index (Phi) is 7.56. The van der Waals surface area contributed by atoms with Crippen molar-refractivity contribution in [3.8, 4) is 11.5 Å². The molecule has 0 unspecified atom stereocenters. The molecule has 3 rings (SSSR count). The highest BCUT2D eigenvalue weighted by molar-refractivity contribution is 14.1. The number of anilines is 1. The molecule has 0 saturated heterocycles. The number of nitrogens with one attached hydrogen (secondary N) is 1. The Bertz CT molecular complexity index is 949. The first-order valence-electron chi connectivity index (χ1n) is 8.84. The van der Waals surface area contributed by atoms with Gasteiger partial charge in [-0.2, -0.15) is 5.10 Å². The Hall–Kier alpha value is -2.25. The first-order chi connectivity index (χ1) is 13.7. The molecule has 0 aliphatic carbocycles. The lowest BCUT2D eigenvalue weighted by atomic mass is 10.2. The molecule has 4 nitrogen and oxygen atoms in total. The van der Waals surface area contributed by atoms with Gasteiger partial charge in [0.15, 0.2) is 11.5 Å². The van der Waals surface area contributed by atoms with Gasteiger partial charge in [0.25, 0.3) is 0 Å². The van der Waals surface area contributed by atoms with Gasteiger partial charge in [0.1, 0.15) is 6.61 Å². The van der Waals surface area contributed by atoms with Gasteiger partial charge in [0.2, 0.25) is 0 Å². The molecule has 0 saturated carbocycles. The van der Waals surface area contributed by atoms with E-state index in [2.05, 4.69) is 33.1 Å². The minimum Gasteiger partial charge on any atom is -0.490 e. The molecule has 0 aliphatic heterocycles. The highest BCUT2D eigenvalue weighted by Crippen LogP contribution is 2.35. The second-order valence-electron chi connectivity index (χ2n) is 5.88. The number of nitrogens with zero attached hydrogens (tertiary/aromatic N) is 1. The van der Waals surface area contributed by atoms with Crippen LogP contribution in [0.2, 0.25) is 5.02 Å². The smallest absolute Gasteiger partial charge is 0.175 e. The maximum Gasteiger partial charge on any atom is 0.175 e. The summed E-state index contributed by atoms with van der Waals surface area (Å²) < 4.78 is 12.8. The standard InChI is InChI=1S/C22H20ClIN2O2/c1-2-27-21-13-16(14-25-26-18-9-4-3-5-10-18)12-20(24)22(21)28-15-17-8-6-7-11-19(17)23/h3-14,26H,2,15H2,1H3/b25-14-. The van der Waals surface area contributed by atoms with Crippen molar-refractivity contribution in [1.82, 2.24) is 0 Å². The summed E-state index contributed by atoms with van der Waals surface area (Å²) >= 11 is 8.47. The Morgan fingerprint density at radius 2 is 1.79 bits per heavy atom. The van der Waals surface area contributed by atoms with E-state index in [0.717, 1.165) is 20.4 Å². The summed E-state index contributed by atoms with van der Waals surface area (Å²) in [7, 11) is 0. The zero-order valence-electron chi connectivity index (χ0n) is 15.4. The highest BCUT2D eigenvalue weighted by atomic mass is 127. The van der Waals surface area contributed by atoms with E-state index in [4.69, 9.17) is 21.1 Å². The van der Waals surface area contributed by atoms with Gasteiger partial charge in [-0.3, -0.25) is 5.43 Å². The van der Waals surface area contributed by atoms with Crippen LogP contribution >= 0.6 is 34.2 Å². The lowest BCUT2D eigenvalue weighted by molar-refractivity contribution is 0.267. The first-order valence-corrected chi connectivity index (χ1v) is 10.3. The van der Waals surface area contributed by atoms with Crippen LogP contribution in [0, 0.1) is 3.57 Å². The third-order valence-electron chi connectivity index (χ3n) is 3.84. The van der Waals surface area contributed by atoms with Gasteiger partial charge in [0.05, 0.1) is 22.1 Å². The van der Waals surface area contributed by atoms with E-state index < -0.39 is 0 Å². The van der Waals surface area contributed by atoms with Crippen molar-refractivity contribution in [2.75, 3.05) is 12.0 Å². The monoisotopic (exact) mass is 506 g/mol. The normalized spacial score (nSPS) is 10.8. The molecule has 28 heavy (non-hydrogen) atoms. The number of para-hydroxylation sites is 1. The molecule has 0 fully saturated rings. The number of benzene rings is 3. The predicted octanol–water partition coefficient (Wildman–Crippen LogP) is 6.37.